The average molecular weight is 242 g/mol. The van der Waals surface area contributed by atoms with E-state index in [1.165, 1.54) is 12.8 Å². The molecule has 0 aromatic carbocycles. The normalized spacial score (nSPS) is 24.6. The molecule has 1 rings (SSSR count). The Kier molecular flexibility index (Phi) is 6.52. The summed E-state index contributed by atoms with van der Waals surface area (Å²) in [5.74, 6) is 0.854. The van der Waals surface area contributed by atoms with Crippen LogP contribution >= 0.6 is 0 Å². The maximum absolute atomic E-state index is 12.0. The molecule has 0 aromatic heterocycles. The van der Waals surface area contributed by atoms with Gasteiger partial charge in [0.25, 0.3) is 0 Å². The summed E-state index contributed by atoms with van der Waals surface area (Å²) in [5, 5.41) is 3.45. The highest BCUT2D eigenvalue weighted by Gasteiger charge is 2.24. The number of nitrogens with one attached hydrogen (secondary N) is 1. The van der Waals surface area contributed by atoms with E-state index in [1.54, 1.807) is 7.11 Å². The zero-order valence-corrected chi connectivity index (χ0v) is 11.4. The van der Waals surface area contributed by atoms with Crippen LogP contribution in [0.3, 0.4) is 0 Å². The fraction of sp³-hybridized carbons (Fsp3) is 0.923. The fourth-order valence-corrected chi connectivity index (χ4v) is 2.30. The molecule has 1 aliphatic heterocycles. The molecule has 0 bridgehead atoms. The molecule has 0 spiro atoms. The van der Waals surface area contributed by atoms with Crippen molar-refractivity contribution in [3.05, 3.63) is 0 Å². The second kappa shape index (κ2) is 7.67. The molecular formula is C13H26N2O2. The predicted octanol–water partition coefficient (Wildman–Crippen LogP) is 1.26. The highest BCUT2D eigenvalue weighted by Crippen LogP contribution is 2.18. The molecule has 1 N–H and O–H groups in total. The van der Waals surface area contributed by atoms with Gasteiger partial charge in [-0.25, -0.2) is 0 Å². The van der Waals surface area contributed by atoms with Crippen molar-refractivity contribution in [1.82, 2.24) is 10.2 Å². The molecule has 0 aromatic rings. The Morgan fingerprint density at radius 2 is 2.29 bits per heavy atom. The van der Waals surface area contributed by atoms with Crippen LogP contribution in [0.2, 0.25) is 0 Å². The van der Waals surface area contributed by atoms with Gasteiger partial charge in [-0.3, -0.25) is 4.79 Å². The van der Waals surface area contributed by atoms with Crippen molar-refractivity contribution >= 4 is 5.91 Å². The van der Waals surface area contributed by atoms with Crippen molar-refractivity contribution in [3.63, 3.8) is 0 Å². The van der Waals surface area contributed by atoms with E-state index in [4.69, 9.17) is 4.74 Å². The Balaban J connectivity index is 2.26. The van der Waals surface area contributed by atoms with E-state index in [0.29, 0.717) is 18.4 Å². The zero-order valence-electron chi connectivity index (χ0n) is 11.4. The van der Waals surface area contributed by atoms with Gasteiger partial charge in [-0.05, 0) is 31.7 Å². The third kappa shape index (κ3) is 5.04. The second-order valence-corrected chi connectivity index (χ2v) is 5.05. The third-order valence-electron chi connectivity index (χ3n) is 3.59. The molecule has 2 unspecified atom stereocenters. The number of methoxy groups -OCH3 is 1. The highest BCUT2D eigenvalue weighted by molar-refractivity contribution is 5.76. The number of hydrogen-bond donors (Lipinski definition) is 1. The van der Waals surface area contributed by atoms with E-state index in [-0.39, 0.29) is 5.91 Å². The van der Waals surface area contributed by atoms with Gasteiger partial charge in [0.15, 0.2) is 0 Å². The largest absolute Gasteiger partial charge is 0.385 e. The fourth-order valence-electron chi connectivity index (χ4n) is 2.30. The van der Waals surface area contributed by atoms with E-state index in [0.717, 1.165) is 26.1 Å². The molecule has 100 valence electrons. The van der Waals surface area contributed by atoms with Gasteiger partial charge >= 0.3 is 0 Å². The van der Waals surface area contributed by atoms with Gasteiger partial charge in [-0.2, -0.15) is 0 Å². The molecule has 2 atom stereocenters. The summed E-state index contributed by atoms with van der Waals surface area (Å²) >= 11 is 0. The van der Waals surface area contributed by atoms with Gasteiger partial charge in [0, 0.05) is 39.8 Å². The van der Waals surface area contributed by atoms with Crippen LogP contribution in [0.15, 0.2) is 0 Å². The number of piperidine rings is 1. The first kappa shape index (κ1) is 14.5. The lowest BCUT2D eigenvalue weighted by molar-refractivity contribution is -0.131. The molecular weight excluding hydrogens is 216 g/mol. The number of carbonyl (C=O) groups excluding carboxylic acids is 1. The van der Waals surface area contributed by atoms with E-state index in [1.807, 2.05) is 11.9 Å². The van der Waals surface area contributed by atoms with Gasteiger partial charge in [-0.1, -0.05) is 6.92 Å². The van der Waals surface area contributed by atoms with Crippen LogP contribution in [0.4, 0.5) is 0 Å². The number of hydrogen-bond acceptors (Lipinski definition) is 3. The van der Waals surface area contributed by atoms with Crippen molar-refractivity contribution in [3.8, 4) is 0 Å². The van der Waals surface area contributed by atoms with E-state index >= 15 is 0 Å². The Morgan fingerprint density at radius 3 is 2.94 bits per heavy atom. The molecule has 1 fully saturated rings. The quantitative estimate of drug-likeness (QED) is 0.713. The second-order valence-electron chi connectivity index (χ2n) is 5.05. The summed E-state index contributed by atoms with van der Waals surface area (Å²) in [6, 6.07) is 0.362. The summed E-state index contributed by atoms with van der Waals surface area (Å²) in [5.41, 5.74) is 0. The predicted molar refractivity (Wildman–Crippen MR) is 68.9 cm³/mol. The Bertz CT molecular complexity index is 233. The summed E-state index contributed by atoms with van der Waals surface area (Å²) in [6.45, 7) is 4.79. The van der Waals surface area contributed by atoms with Gasteiger partial charge in [0.05, 0.1) is 0 Å². The van der Waals surface area contributed by atoms with Crippen LogP contribution in [0.1, 0.15) is 32.6 Å². The van der Waals surface area contributed by atoms with Crippen LogP contribution in [-0.4, -0.2) is 50.7 Å². The van der Waals surface area contributed by atoms with E-state index in [9.17, 15) is 4.79 Å². The van der Waals surface area contributed by atoms with Crippen molar-refractivity contribution < 1.29 is 9.53 Å². The number of carbonyl (C=O) groups is 1. The SMILES string of the molecule is COCCCN(C)C(=O)CC1NCCCC1C. The number of rotatable bonds is 6. The Morgan fingerprint density at radius 1 is 1.53 bits per heavy atom. The van der Waals surface area contributed by atoms with E-state index in [2.05, 4.69) is 12.2 Å². The Hall–Kier alpha value is -0.610. The van der Waals surface area contributed by atoms with Crippen molar-refractivity contribution in [2.45, 2.75) is 38.6 Å². The molecule has 4 heteroatoms. The van der Waals surface area contributed by atoms with Crippen LogP contribution in [0.25, 0.3) is 0 Å². The van der Waals surface area contributed by atoms with Gasteiger partial charge in [0.1, 0.15) is 0 Å². The van der Waals surface area contributed by atoms with Gasteiger partial charge in [0.2, 0.25) is 5.91 Å². The molecule has 1 saturated heterocycles. The number of amides is 1. The first-order valence-electron chi connectivity index (χ1n) is 6.61. The lowest BCUT2D eigenvalue weighted by atomic mass is 9.90. The molecule has 0 saturated carbocycles. The molecule has 1 aliphatic rings. The molecule has 4 nitrogen and oxygen atoms in total. The molecule has 0 radical (unpaired) electrons. The lowest BCUT2D eigenvalue weighted by Gasteiger charge is -2.31. The lowest BCUT2D eigenvalue weighted by Crippen LogP contribution is -2.44. The summed E-state index contributed by atoms with van der Waals surface area (Å²) in [7, 11) is 3.57. The first-order valence-corrected chi connectivity index (χ1v) is 6.61. The maximum Gasteiger partial charge on any atom is 0.223 e. The monoisotopic (exact) mass is 242 g/mol. The summed E-state index contributed by atoms with van der Waals surface area (Å²) < 4.78 is 4.99. The molecule has 17 heavy (non-hydrogen) atoms. The minimum atomic E-state index is 0.243. The number of ether oxygens (including phenoxy) is 1. The maximum atomic E-state index is 12.0. The van der Waals surface area contributed by atoms with E-state index < -0.39 is 0 Å². The smallest absolute Gasteiger partial charge is 0.223 e. The third-order valence-corrected chi connectivity index (χ3v) is 3.59. The number of nitrogens with zero attached hydrogens (tertiary/aromatic N) is 1. The van der Waals surface area contributed by atoms with Crippen LogP contribution in [-0.2, 0) is 9.53 Å². The molecule has 1 amide bonds. The molecule has 1 heterocycles. The van der Waals surface area contributed by atoms with Crippen LogP contribution in [0.5, 0.6) is 0 Å². The van der Waals surface area contributed by atoms with Crippen LogP contribution in [0, 0.1) is 5.92 Å². The summed E-state index contributed by atoms with van der Waals surface area (Å²) in [4.78, 5) is 13.8. The highest BCUT2D eigenvalue weighted by atomic mass is 16.5. The van der Waals surface area contributed by atoms with Crippen molar-refractivity contribution in [2.24, 2.45) is 5.92 Å². The standard InChI is InChI=1S/C13H26N2O2/c1-11-6-4-7-14-12(11)10-13(16)15(2)8-5-9-17-3/h11-12,14H,4-10H2,1-3H3. The van der Waals surface area contributed by atoms with Gasteiger partial charge < -0.3 is 15.0 Å². The first-order chi connectivity index (χ1) is 8.15. The average Bonchev–Trinajstić information content (AvgIpc) is 2.32. The van der Waals surface area contributed by atoms with Crippen LogP contribution < -0.4 is 5.32 Å². The molecule has 0 aliphatic carbocycles. The summed E-state index contributed by atoms with van der Waals surface area (Å²) in [6.07, 6.45) is 4.00. The van der Waals surface area contributed by atoms with Crippen molar-refractivity contribution in [1.29, 1.82) is 0 Å². The zero-order chi connectivity index (χ0) is 12.7. The Labute approximate surface area is 105 Å². The topological polar surface area (TPSA) is 41.6 Å². The minimum absolute atomic E-state index is 0.243. The van der Waals surface area contributed by atoms with Gasteiger partial charge in [-0.15, -0.1) is 0 Å². The van der Waals surface area contributed by atoms with Crippen molar-refractivity contribution in [2.75, 3.05) is 33.9 Å². The minimum Gasteiger partial charge on any atom is -0.385 e.